The highest BCUT2D eigenvalue weighted by atomic mass is 19.1. The van der Waals surface area contributed by atoms with Crippen LogP contribution >= 0.6 is 0 Å². The Kier molecular flexibility index (Phi) is 5.93. The minimum atomic E-state index is -0.427. The number of halogens is 1. The van der Waals surface area contributed by atoms with Crippen LogP contribution in [0.5, 0.6) is 0 Å². The zero-order valence-corrected chi connectivity index (χ0v) is 16.9. The zero-order valence-electron chi connectivity index (χ0n) is 16.9. The lowest BCUT2D eigenvalue weighted by atomic mass is 9.89. The predicted molar refractivity (Wildman–Crippen MR) is 111 cm³/mol. The lowest BCUT2D eigenvalue weighted by molar-refractivity contribution is -0.139. The highest BCUT2D eigenvalue weighted by Gasteiger charge is 2.31. The first-order chi connectivity index (χ1) is 14.5. The maximum Gasteiger partial charge on any atom is 0.242 e. The maximum absolute atomic E-state index is 14.7. The first-order valence-corrected chi connectivity index (χ1v) is 10.5. The molecule has 2 fully saturated rings. The second kappa shape index (κ2) is 8.78. The summed E-state index contributed by atoms with van der Waals surface area (Å²) in [5.74, 6) is -1.01. The van der Waals surface area contributed by atoms with Gasteiger partial charge in [0.2, 0.25) is 11.8 Å². The van der Waals surface area contributed by atoms with E-state index in [0.717, 1.165) is 18.4 Å². The van der Waals surface area contributed by atoms with E-state index in [0.29, 0.717) is 43.6 Å². The quantitative estimate of drug-likeness (QED) is 0.711. The normalized spacial score (nSPS) is 19.2. The topological polar surface area (TPSA) is 57.7 Å². The molecule has 0 saturated carbocycles. The van der Waals surface area contributed by atoms with E-state index in [9.17, 15) is 18.8 Å². The van der Waals surface area contributed by atoms with Crippen molar-refractivity contribution in [3.63, 3.8) is 0 Å². The Morgan fingerprint density at radius 1 is 1.03 bits per heavy atom. The molecule has 0 aliphatic carbocycles. The Labute approximate surface area is 175 Å². The van der Waals surface area contributed by atoms with Crippen molar-refractivity contribution in [2.24, 2.45) is 5.92 Å². The first kappa shape index (κ1) is 20.3. The highest BCUT2D eigenvalue weighted by molar-refractivity contribution is 5.99. The van der Waals surface area contributed by atoms with Crippen molar-refractivity contribution in [1.29, 1.82) is 0 Å². The molecule has 1 atom stereocenters. The van der Waals surface area contributed by atoms with Crippen molar-refractivity contribution in [3.05, 3.63) is 59.9 Å². The van der Waals surface area contributed by atoms with Crippen molar-refractivity contribution in [2.45, 2.75) is 25.7 Å². The van der Waals surface area contributed by atoms with Crippen LogP contribution in [0.1, 0.15) is 36.0 Å². The molecule has 0 radical (unpaired) electrons. The minimum Gasteiger partial charge on any atom is -0.340 e. The molecular weight excluding hydrogens is 383 g/mol. The Morgan fingerprint density at radius 3 is 2.53 bits per heavy atom. The Hall–Kier alpha value is -3.02. The number of hydrogen-bond donors (Lipinski definition) is 0. The highest BCUT2D eigenvalue weighted by Crippen LogP contribution is 2.26. The molecule has 1 unspecified atom stereocenters. The van der Waals surface area contributed by atoms with Crippen molar-refractivity contribution >= 4 is 17.6 Å². The molecule has 0 N–H and O–H groups in total. The summed E-state index contributed by atoms with van der Waals surface area (Å²) in [6.45, 7) is 1.61. The molecule has 156 valence electrons. The van der Waals surface area contributed by atoms with Crippen LogP contribution in [0.4, 0.5) is 4.39 Å². The molecule has 2 heterocycles. The number of piperidine rings is 1. The number of hydrogen-bond acceptors (Lipinski definition) is 3. The van der Waals surface area contributed by atoms with Gasteiger partial charge >= 0.3 is 0 Å². The van der Waals surface area contributed by atoms with Crippen LogP contribution in [-0.2, 0) is 9.59 Å². The average molecular weight is 408 g/mol. The van der Waals surface area contributed by atoms with Crippen molar-refractivity contribution < 1.29 is 18.8 Å². The molecular formula is C24H25FN2O3. The van der Waals surface area contributed by atoms with E-state index in [1.807, 2.05) is 30.3 Å². The average Bonchev–Trinajstić information content (AvgIpc) is 3.18. The third-order valence-corrected chi connectivity index (χ3v) is 5.98. The fourth-order valence-electron chi connectivity index (χ4n) is 4.31. The lowest BCUT2D eigenvalue weighted by Crippen LogP contribution is -2.46. The number of Topliss-reactive ketones (excluding diaryl/α,β-unsaturated/α-hetero) is 1. The smallest absolute Gasteiger partial charge is 0.242 e. The summed E-state index contributed by atoms with van der Waals surface area (Å²) in [5, 5.41) is 0. The SMILES string of the molecule is O=C(c1ccc(-c2ccccc2)c(F)c1)C1CCCN(C(=O)CN2CCCC2=O)C1. The molecule has 30 heavy (non-hydrogen) atoms. The minimum absolute atomic E-state index is 0.0157. The number of likely N-dealkylation sites (tertiary alicyclic amines) is 2. The van der Waals surface area contributed by atoms with Crippen LogP contribution in [0.25, 0.3) is 11.1 Å². The largest absolute Gasteiger partial charge is 0.340 e. The number of nitrogens with zero attached hydrogens (tertiary/aromatic N) is 2. The van der Waals surface area contributed by atoms with Crippen LogP contribution in [0.2, 0.25) is 0 Å². The van der Waals surface area contributed by atoms with Gasteiger partial charge in [-0.3, -0.25) is 14.4 Å². The van der Waals surface area contributed by atoms with Gasteiger partial charge in [0.15, 0.2) is 5.78 Å². The van der Waals surface area contributed by atoms with E-state index in [1.165, 1.54) is 6.07 Å². The van der Waals surface area contributed by atoms with Crippen LogP contribution in [0.15, 0.2) is 48.5 Å². The number of ketones is 1. The van der Waals surface area contributed by atoms with Crippen molar-refractivity contribution in [1.82, 2.24) is 9.80 Å². The van der Waals surface area contributed by atoms with E-state index >= 15 is 0 Å². The maximum atomic E-state index is 14.7. The van der Waals surface area contributed by atoms with E-state index in [-0.39, 0.29) is 30.1 Å². The Balaban J connectivity index is 1.43. The van der Waals surface area contributed by atoms with Crippen LogP contribution in [-0.4, -0.2) is 53.6 Å². The van der Waals surface area contributed by atoms with Crippen molar-refractivity contribution in [3.8, 4) is 11.1 Å². The molecule has 4 rings (SSSR count). The lowest BCUT2D eigenvalue weighted by Gasteiger charge is -2.33. The van der Waals surface area contributed by atoms with Gasteiger partial charge < -0.3 is 9.80 Å². The molecule has 2 aliphatic heterocycles. The van der Waals surface area contributed by atoms with Gasteiger partial charge in [0.25, 0.3) is 0 Å². The van der Waals surface area contributed by atoms with Gasteiger partial charge in [-0.05, 0) is 30.9 Å². The predicted octanol–water partition coefficient (Wildman–Crippen LogP) is 3.54. The van der Waals surface area contributed by atoms with Gasteiger partial charge in [0, 0.05) is 43.1 Å². The zero-order chi connectivity index (χ0) is 21.1. The Morgan fingerprint density at radius 2 is 1.83 bits per heavy atom. The third-order valence-electron chi connectivity index (χ3n) is 5.98. The number of carbonyl (C=O) groups is 3. The molecule has 2 aliphatic rings. The molecule has 2 saturated heterocycles. The summed E-state index contributed by atoms with van der Waals surface area (Å²) in [4.78, 5) is 40.7. The first-order valence-electron chi connectivity index (χ1n) is 10.5. The monoisotopic (exact) mass is 408 g/mol. The number of amides is 2. The van der Waals surface area contributed by atoms with Gasteiger partial charge in [-0.1, -0.05) is 42.5 Å². The van der Waals surface area contributed by atoms with E-state index in [2.05, 4.69) is 0 Å². The summed E-state index contributed by atoms with van der Waals surface area (Å²) in [6.07, 6.45) is 2.69. The van der Waals surface area contributed by atoms with E-state index in [4.69, 9.17) is 0 Å². The summed E-state index contributed by atoms with van der Waals surface area (Å²) in [6, 6.07) is 13.8. The molecule has 6 heteroatoms. The van der Waals surface area contributed by atoms with Crippen LogP contribution < -0.4 is 0 Å². The van der Waals surface area contributed by atoms with Crippen LogP contribution in [0.3, 0.4) is 0 Å². The molecule has 0 aromatic heterocycles. The van der Waals surface area contributed by atoms with Gasteiger partial charge in [-0.2, -0.15) is 0 Å². The van der Waals surface area contributed by atoms with E-state index < -0.39 is 5.82 Å². The molecule has 2 aromatic rings. The number of carbonyl (C=O) groups excluding carboxylic acids is 3. The summed E-state index contributed by atoms with van der Waals surface area (Å²) in [7, 11) is 0. The third kappa shape index (κ3) is 4.27. The van der Waals surface area contributed by atoms with Gasteiger partial charge in [-0.25, -0.2) is 4.39 Å². The molecule has 0 spiro atoms. The fourth-order valence-corrected chi connectivity index (χ4v) is 4.31. The summed E-state index contributed by atoms with van der Waals surface area (Å²) < 4.78 is 14.7. The van der Waals surface area contributed by atoms with Gasteiger partial charge in [-0.15, -0.1) is 0 Å². The summed E-state index contributed by atoms with van der Waals surface area (Å²) >= 11 is 0. The standard InChI is InChI=1S/C24H25FN2O3/c25-21-14-18(10-11-20(21)17-6-2-1-3-7-17)24(30)19-8-4-12-26(15-19)23(29)16-27-13-5-9-22(27)28/h1-3,6-7,10-11,14,19H,4-5,8-9,12-13,15-16H2. The van der Waals surface area contributed by atoms with Crippen molar-refractivity contribution in [2.75, 3.05) is 26.2 Å². The molecule has 2 aromatic carbocycles. The van der Waals surface area contributed by atoms with Gasteiger partial charge in [0.1, 0.15) is 5.82 Å². The molecule has 5 nitrogen and oxygen atoms in total. The molecule has 0 bridgehead atoms. The fraction of sp³-hybridized carbons (Fsp3) is 0.375. The Bertz CT molecular complexity index is 960. The van der Waals surface area contributed by atoms with Crippen LogP contribution in [0, 0.1) is 11.7 Å². The number of benzene rings is 2. The van der Waals surface area contributed by atoms with E-state index in [1.54, 1.807) is 21.9 Å². The number of rotatable bonds is 5. The van der Waals surface area contributed by atoms with Gasteiger partial charge in [0.05, 0.1) is 6.54 Å². The molecule has 2 amide bonds. The second-order valence-electron chi connectivity index (χ2n) is 8.02. The second-order valence-corrected chi connectivity index (χ2v) is 8.02. The summed E-state index contributed by atoms with van der Waals surface area (Å²) in [5.41, 5.74) is 1.56.